The molecule has 1 saturated heterocycles. The zero-order valence-electron chi connectivity index (χ0n) is 15.3. The van der Waals surface area contributed by atoms with Crippen molar-refractivity contribution in [1.29, 1.82) is 0 Å². The molecule has 8 nitrogen and oxygen atoms in total. The fourth-order valence-electron chi connectivity index (χ4n) is 2.61. The quantitative estimate of drug-likeness (QED) is 0.701. The molecule has 28 heavy (non-hydrogen) atoms. The molecule has 0 unspecified atom stereocenters. The van der Waals surface area contributed by atoms with Crippen LogP contribution >= 0.6 is 11.3 Å². The van der Waals surface area contributed by atoms with Gasteiger partial charge in [0, 0.05) is 23.5 Å². The minimum absolute atomic E-state index is 0.0303. The number of rotatable bonds is 5. The van der Waals surface area contributed by atoms with E-state index in [0.717, 1.165) is 16.9 Å². The Morgan fingerprint density at radius 2 is 1.75 bits per heavy atom. The minimum atomic E-state index is -3.57. The van der Waals surface area contributed by atoms with Gasteiger partial charge in [0.15, 0.2) is 0 Å². The highest BCUT2D eigenvalue weighted by atomic mass is 32.2. The lowest BCUT2D eigenvalue weighted by Crippen LogP contribution is -2.42. The molecule has 0 radical (unpaired) electrons. The lowest BCUT2D eigenvalue weighted by molar-refractivity contribution is -0.121. The van der Waals surface area contributed by atoms with Gasteiger partial charge in [-0.15, -0.1) is 11.3 Å². The van der Waals surface area contributed by atoms with E-state index in [0.29, 0.717) is 36.7 Å². The molecular formula is C18H21N3O5S2. The summed E-state index contributed by atoms with van der Waals surface area (Å²) in [5.74, 6) is -0.854. The zero-order valence-corrected chi connectivity index (χ0v) is 16.9. The lowest BCUT2D eigenvalue weighted by atomic mass is 10.1. The standard InChI is InChI=1S/C18H21N3O5S2/c1-13-2-4-14(5-3-13)18(23)20-19-16(22)12-15-6-7-17(27-15)28(24,25)21-8-10-26-11-9-21/h2-7H,8-12H2,1H3,(H,19,22)(H,20,23). The maximum Gasteiger partial charge on any atom is 0.269 e. The molecule has 2 amide bonds. The molecule has 10 heteroatoms. The summed E-state index contributed by atoms with van der Waals surface area (Å²) in [4.78, 5) is 24.7. The number of amides is 2. The molecule has 2 heterocycles. The highest BCUT2D eigenvalue weighted by Gasteiger charge is 2.27. The van der Waals surface area contributed by atoms with Crippen LogP contribution in [0.25, 0.3) is 0 Å². The second kappa shape index (κ2) is 8.82. The number of benzene rings is 1. The third-order valence-corrected chi connectivity index (χ3v) is 7.62. The van der Waals surface area contributed by atoms with E-state index in [-0.39, 0.29) is 10.6 Å². The normalized spacial score (nSPS) is 15.2. The van der Waals surface area contributed by atoms with Crippen LogP contribution in [0.5, 0.6) is 0 Å². The minimum Gasteiger partial charge on any atom is -0.379 e. The first-order valence-electron chi connectivity index (χ1n) is 8.69. The number of hydrogen-bond acceptors (Lipinski definition) is 6. The van der Waals surface area contributed by atoms with Crippen molar-refractivity contribution in [2.75, 3.05) is 26.3 Å². The van der Waals surface area contributed by atoms with Crippen molar-refractivity contribution < 1.29 is 22.7 Å². The highest BCUT2D eigenvalue weighted by Crippen LogP contribution is 2.25. The molecule has 150 valence electrons. The summed E-state index contributed by atoms with van der Waals surface area (Å²) in [6, 6.07) is 10.1. The van der Waals surface area contributed by atoms with Gasteiger partial charge in [-0.2, -0.15) is 4.31 Å². The van der Waals surface area contributed by atoms with E-state index in [1.54, 1.807) is 30.3 Å². The van der Waals surface area contributed by atoms with Gasteiger partial charge >= 0.3 is 0 Å². The molecule has 2 aromatic rings. The number of sulfonamides is 1. The molecule has 3 rings (SSSR count). The van der Waals surface area contributed by atoms with Crippen LogP contribution in [0.15, 0.2) is 40.6 Å². The first-order chi connectivity index (χ1) is 13.4. The van der Waals surface area contributed by atoms with Gasteiger partial charge in [-0.1, -0.05) is 17.7 Å². The fourth-order valence-corrected chi connectivity index (χ4v) is 5.53. The van der Waals surface area contributed by atoms with Gasteiger partial charge in [-0.05, 0) is 31.2 Å². The summed E-state index contributed by atoms with van der Waals surface area (Å²) < 4.78 is 32.0. The monoisotopic (exact) mass is 423 g/mol. The number of carbonyl (C=O) groups excluding carboxylic acids is 2. The van der Waals surface area contributed by atoms with Crippen LogP contribution in [-0.2, 0) is 26.0 Å². The van der Waals surface area contributed by atoms with Gasteiger partial charge in [0.1, 0.15) is 4.21 Å². The Hall–Kier alpha value is -2.27. The summed E-state index contributed by atoms with van der Waals surface area (Å²) in [6.07, 6.45) is -0.0303. The number of nitrogens with one attached hydrogen (secondary N) is 2. The Morgan fingerprint density at radius 3 is 2.43 bits per heavy atom. The van der Waals surface area contributed by atoms with Gasteiger partial charge in [0.2, 0.25) is 5.91 Å². The molecule has 0 saturated carbocycles. The molecule has 1 aliphatic rings. The van der Waals surface area contributed by atoms with Gasteiger partial charge in [-0.25, -0.2) is 8.42 Å². The van der Waals surface area contributed by atoms with E-state index in [9.17, 15) is 18.0 Å². The molecular weight excluding hydrogens is 402 g/mol. The predicted molar refractivity (Wildman–Crippen MR) is 104 cm³/mol. The van der Waals surface area contributed by atoms with E-state index < -0.39 is 21.8 Å². The number of morpholine rings is 1. The Labute approximate surface area is 167 Å². The molecule has 0 aliphatic carbocycles. The van der Waals surface area contributed by atoms with E-state index >= 15 is 0 Å². The van der Waals surface area contributed by atoms with Crippen LogP contribution in [0.3, 0.4) is 0 Å². The molecule has 1 aromatic heterocycles. The Morgan fingerprint density at radius 1 is 1.07 bits per heavy atom. The average Bonchev–Trinajstić information content (AvgIpc) is 3.16. The van der Waals surface area contributed by atoms with Crippen molar-refractivity contribution in [2.45, 2.75) is 17.6 Å². The predicted octanol–water partition coefficient (Wildman–Crippen LogP) is 1.08. The van der Waals surface area contributed by atoms with Gasteiger partial charge in [-0.3, -0.25) is 20.4 Å². The first-order valence-corrected chi connectivity index (χ1v) is 10.9. The Bertz CT molecular complexity index is 948. The first kappa shape index (κ1) is 20.5. The van der Waals surface area contributed by atoms with E-state index in [4.69, 9.17) is 4.74 Å². The van der Waals surface area contributed by atoms with E-state index in [2.05, 4.69) is 10.9 Å². The lowest BCUT2D eigenvalue weighted by Gasteiger charge is -2.25. The third-order valence-electron chi connectivity index (χ3n) is 4.17. The van der Waals surface area contributed by atoms with Crippen molar-refractivity contribution >= 4 is 33.2 Å². The molecule has 0 spiro atoms. The van der Waals surface area contributed by atoms with Gasteiger partial charge in [0.25, 0.3) is 15.9 Å². The fraction of sp³-hybridized carbons (Fsp3) is 0.333. The number of hydrogen-bond donors (Lipinski definition) is 2. The summed E-state index contributed by atoms with van der Waals surface area (Å²) in [6.45, 7) is 3.31. The zero-order chi connectivity index (χ0) is 20.1. The van der Waals surface area contributed by atoms with Crippen LogP contribution in [-0.4, -0.2) is 50.8 Å². The van der Waals surface area contributed by atoms with E-state index in [1.165, 1.54) is 10.4 Å². The number of thiophene rings is 1. The molecule has 0 atom stereocenters. The molecule has 2 N–H and O–H groups in total. The Kier molecular flexibility index (Phi) is 6.45. The molecule has 0 bridgehead atoms. The highest BCUT2D eigenvalue weighted by molar-refractivity contribution is 7.91. The topological polar surface area (TPSA) is 105 Å². The SMILES string of the molecule is Cc1ccc(C(=O)NNC(=O)Cc2ccc(S(=O)(=O)N3CCOCC3)s2)cc1. The van der Waals surface area contributed by atoms with Crippen molar-refractivity contribution in [2.24, 2.45) is 0 Å². The smallest absolute Gasteiger partial charge is 0.269 e. The van der Waals surface area contributed by atoms with Crippen LogP contribution in [0.4, 0.5) is 0 Å². The number of hydrazine groups is 1. The number of aryl methyl sites for hydroxylation is 1. The van der Waals surface area contributed by atoms with Crippen molar-refractivity contribution in [1.82, 2.24) is 15.2 Å². The molecule has 1 aromatic carbocycles. The number of ether oxygens (including phenoxy) is 1. The van der Waals surface area contributed by atoms with Crippen molar-refractivity contribution in [3.05, 3.63) is 52.4 Å². The second-order valence-electron chi connectivity index (χ2n) is 6.28. The summed E-state index contributed by atoms with van der Waals surface area (Å²) in [7, 11) is -3.57. The number of carbonyl (C=O) groups is 2. The van der Waals surface area contributed by atoms with Crippen LogP contribution in [0.1, 0.15) is 20.8 Å². The molecule has 1 aliphatic heterocycles. The second-order valence-corrected chi connectivity index (χ2v) is 9.62. The molecule has 1 fully saturated rings. The maximum absolute atomic E-state index is 12.6. The maximum atomic E-state index is 12.6. The third kappa shape index (κ3) is 4.96. The van der Waals surface area contributed by atoms with Crippen molar-refractivity contribution in [3.8, 4) is 0 Å². The summed E-state index contributed by atoms with van der Waals surface area (Å²) >= 11 is 1.05. The largest absolute Gasteiger partial charge is 0.379 e. The summed E-state index contributed by atoms with van der Waals surface area (Å²) in [5, 5.41) is 0. The van der Waals surface area contributed by atoms with Crippen LogP contribution in [0.2, 0.25) is 0 Å². The van der Waals surface area contributed by atoms with Crippen LogP contribution < -0.4 is 10.9 Å². The van der Waals surface area contributed by atoms with Gasteiger partial charge in [0.05, 0.1) is 19.6 Å². The van der Waals surface area contributed by atoms with Crippen LogP contribution in [0, 0.1) is 6.92 Å². The van der Waals surface area contributed by atoms with Gasteiger partial charge < -0.3 is 4.74 Å². The Balaban J connectivity index is 1.55. The summed E-state index contributed by atoms with van der Waals surface area (Å²) in [5.41, 5.74) is 6.16. The van der Waals surface area contributed by atoms with E-state index in [1.807, 2.05) is 6.92 Å². The average molecular weight is 424 g/mol. The number of nitrogens with zero attached hydrogens (tertiary/aromatic N) is 1. The van der Waals surface area contributed by atoms with Crippen molar-refractivity contribution in [3.63, 3.8) is 0 Å².